The van der Waals surface area contributed by atoms with E-state index in [9.17, 15) is 13.2 Å². The minimum absolute atomic E-state index is 0.0641. The maximum Gasteiger partial charge on any atom is 0.289 e. The van der Waals surface area contributed by atoms with Crippen molar-refractivity contribution in [1.29, 1.82) is 0 Å². The van der Waals surface area contributed by atoms with Crippen LogP contribution in [0.1, 0.15) is 35.2 Å². The highest BCUT2D eigenvalue weighted by Crippen LogP contribution is 2.29. The molecule has 10 nitrogen and oxygen atoms in total. The summed E-state index contributed by atoms with van der Waals surface area (Å²) in [6.45, 7) is 3.53. The zero-order chi connectivity index (χ0) is 23.7. The van der Waals surface area contributed by atoms with Crippen molar-refractivity contribution in [2.24, 2.45) is 0 Å². The highest BCUT2D eigenvalue weighted by atomic mass is 32.2. The van der Waals surface area contributed by atoms with Gasteiger partial charge in [-0.2, -0.15) is 9.29 Å². The predicted molar refractivity (Wildman–Crippen MR) is 123 cm³/mol. The van der Waals surface area contributed by atoms with Crippen LogP contribution in [0.2, 0.25) is 0 Å². The molecule has 0 bridgehead atoms. The van der Waals surface area contributed by atoms with Crippen molar-refractivity contribution in [3.63, 3.8) is 0 Å². The van der Waals surface area contributed by atoms with Crippen LogP contribution in [0.25, 0.3) is 11.4 Å². The van der Waals surface area contributed by atoms with Gasteiger partial charge in [-0.25, -0.2) is 8.42 Å². The van der Waals surface area contributed by atoms with E-state index in [-0.39, 0.29) is 16.7 Å². The average Bonchev–Trinajstić information content (AvgIpc) is 3.57. The number of hydrogen-bond acceptors (Lipinski definition) is 8. The normalized spacial score (nSPS) is 20.5. The third-order valence-electron chi connectivity index (χ3n) is 6.44. The number of nitrogens with zero attached hydrogens (tertiary/aromatic N) is 5. The Morgan fingerprint density at radius 1 is 1.06 bits per heavy atom. The quantitative estimate of drug-likeness (QED) is 0.541. The van der Waals surface area contributed by atoms with Crippen LogP contribution in [0.3, 0.4) is 0 Å². The van der Waals surface area contributed by atoms with Gasteiger partial charge in [0.1, 0.15) is 0 Å². The summed E-state index contributed by atoms with van der Waals surface area (Å²) in [5, 5.41) is 4.10. The standard InChI is InChI=1S/C23H27N5O5S/c1-26-11-13-28(14-12-26)34(30,31)19-8-6-17(7-9-19)21-24-22(33-25-21)18-4-2-10-27(16-18)23(29)20-5-3-15-32-20/h3,5-9,15,18H,2,4,10-14,16H2,1H3/t18-/m0/s1. The van der Waals surface area contributed by atoms with Gasteiger partial charge >= 0.3 is 0 Å². The van der Waals surface area contributed by atoms with Crippen LogP contribution in [-0.2, 0) is 10.0 Å². The number of likely N-dealkylation sites (N-methyl/N-ethyl adjacent to an activating group) is 1. The van der Waals surface area contributed by atoms with Crippen LogP contribution in [0, 0.1) is 0 Å². The molecule has 2 saturated heterocycles. The molecule has 2 aliphatic rings. The number of piperidine rings is 1. The molecule has 0 aliphatic carbocycles. The molecule has 3 aromatic rings. The van der Waals surface area contributed by atoms with Gasteiger partial charge < -0.3 is 18.7 Å². The molecular weight excluding hydrogens is 458 g/mol. The monoisotopic (exact) mass is 485 g/mol. The lowest BCUT2D eigenvalue weighted by Gasteiger charge is -2.31. The molecular formula is C23H27N5O5S. The summed E-state index contributed by atoms with van der Waals surface area (Å²) in [4.78, 5) is 21.3. The summed E-state index contributed by atoms with van der Waals surface area (Å²) >= 11 is 0. The molecule has 1 amide bonds. The van der Waals surface area contributed by atoms with Crippen molar-refractivity contribution >= 4 is 15.9 Å². The number of furan rings is 1. The second kappa shape index (κ2) is 9.32. The van der Waals surface area contributed by atoms with Crippen molar-refractivity contribution in [3.8, 4) is 11.4 Å². The number of rotatable bonds is 5. The number of amides is 1. The van der Waals surface area contributed by atoms with Crippen molar-refractivity contribution < 1.29 is 22.2 Å². The zero-order valence-electron chi connectivity index (χ0n) is 19.0. The Kier molecular flexibility index (Phi) is 6.24. The number of likely N-dealkylation sites (tertiary alicyclic amines) is 1. The number of benzene rings is 1. The number of piperazine rings is 1. The Hall–Kier alpha value is -3.02. The molecule has 1 aromatic carbocycles. The molecule has 2 aromatic heterocycles. The van der Waals surface area contributed by atoms with Crippen molar-refractivity contribution in [1.82, 2.24) is 24.2 Å². The topological polar surface area (TPSA) is 113 Å². The summed E-state index contributed by atoms with van der Waals surface area (Å²) in [5.74, 6) is 0.977. The number of carbonyl (C=O) groups is 1. The van der Waals surface area contributed by atoms with Crippen LogP contribution < -0.4 is 0 Å². The van der Waals surface area contributed by atoms with Gasteiger partial charge in [-0.1, -0.05) is 5.16 Å². The summed E-state index contributed by atoms with van der Waals surface area (Å²) in [6.07, 6.45) is 3.15. The molecule has 0 N–H and O–H groups in total. The third-order valence-corrected chi connectivity index (χ3v) is 8.36. The van der Waals surface area contributed by atoms with E-state index in [1.165, 1.54) is 10.6 Å². The van der Waals surface area contributed by atoms with E-state index < -0.39 is 10.0 Å². The first-order valence-corrected chi connectivity index (χ1v) is 12.8. The Balaban J connectivity index is 1.28. The molecule has 0 saturated carbocycles. The van der Waals surface area contributed by atoms with Crippen LogP contribution in [0.4, 0.5) is 0 Å². The average molecular weight is 486 g/mol. The molecule has 11 heteroatoms. The summed E-state index contributed by atoms with van der Waals surface area (Å²) < 4.78 is 38.2. The first kappa shape index (κ1) is 22.8. The van der Waals surface area contributed by atoms with E-state index in [0.29, 0.717) is 62.3 Å². The number of sulfonamides is 1. The van der Waals surface area contributed by atoms with Gasteiger partial charge in [0.15, 0.2) is 5.76 Å². The molecule has 2 fully saturated rings. The van der Waals surface area contributed by atoms with Gasteiger partial charge in [0.25, 0.3) is 5.91 Å². The summed E-state index contributed by atoms with van der Waals surface area (Å²) in [7, 11) is -1.55. The number of hydrogen-bond donors (Lipinski definition) is 0. The van der Waals surface area contributed by atoms with Crippen LogP contribution >= 0.6 is 0 Å². The minimum atomic E-state index is -3.53. The largest absolute Gasteiger partial charge is 0.459 e. The molecule has 180 valence electrons. The predicted octanol–water partition coefficient (Wildman–Crippen LogP) is 2.29. The highest BCUT2D eigenvalue weighted by molar-refractivity contribution is 7.89. The Morgan fingerprint density at radius 2 is 1.82 bits per heavy atom. The lowest BCUT2D eigenvalue weighted by molar-refractivity contribution is 0.0663. The SMILES string of the molecule is CN1CCN(S(=O)(=O)c2ccc(-c3noc([C@H]4CCCN(C(=O)c5ccco5)C4)n3)cc2)CC1. The molecule has 34 heavy (non-hydrogen) atoms. The smallest absolute Gasteiger partial charge is 0.289 e. The van der Waals surface area contributed by atoms with Crippen molar-refractivity contribution in [2.45, 2.75) is 23.7 Å². The summed E-state index contributed by atoms with van der Waals surface area (Å²) in [5.41, 5.74) is 0.673. The second-order valence-corrected chi connectivity index (χ2v) is 10.7. The Bertz CT molecular complexity index is 1230. The maximum atomic E-state index is 12.9. The van der Waals surface area contributed by atoms with E-state index >= 15 is 0 Å². The molecule has 2 aliphatic heterocycles. The third kappa shape index (κ3) is 4.50. The molecule has 5 rings (SSSR count). The van der Waals surface area contributed by atoms with Crippen LogP contribution in [-0.4, -0.2) is 84.9 Å². The Labute approximate surface area is 198 Å². The highest BCUT2D eigenvalue weighted by Gasteiger charge is 2.31. The fourth-order valence-corrected chi connectivity index (χ4v) is 5.81. The fourth-order valence-electron chi connectivity index (χ4n) is 4.39. The molecule has 4 heterocycles. The number of carbonyl (C=O) groups excluding carboxylic acids is 1. The summed E-state index contributed by atoms with van der Waals surface area (Å²) in [6, 6.07) is 9.92. The lowest BCUT2D eigenvalue weighted by atomic mass is 9.97. The van der Waals surface area contributed by atoms with Crippen LogP contribution in [0.5, 0.6) is 0 Å². The van der Waals surface area contributed by atoms with E-state index in [1.54, 1.807) is 41.3 Å². The number of aromatic nitrogens is 2. The van der Waals surface area contributed by atoms with Crippen molar-refractivity contribution in [3.05, 3.63) is 54.3 Å². The van der Waals surface area contributed by atoms with E-state index in [2.05, 4.69) is 15.0 Å². The van der Waals surface area contributed by atoms with Gasteiger partial charge in [0.05, 0.1) is 17.1 Å². The first-order valence-electron chi connectivity index (χ1n) is 11.4. The molecule has 1 atom stereocenters. The Morgan fingerprint density at radius 3 is 2.53 bits per heavy atom. The van der Waals surface area contributed by atoms with E-state index in [1.807, 2.05) is 7.05 Å². The second-order valence-electron chi connectivity index (χ2n) is 8.76. The van der Waals surface area contributed by atoms with E-state index in [4.69, 9.17) is 8.94 Å². The van der Waals surface area contributed by atoms with Crippen LogP contribution in [0.15, 0.2) is 56.5 Å². The zero-order valence-corrected chi connectivity index (χ0v) is 19.8. The van der Waals surface area contributed by atoms with Crippen molar-refractivity contribution in [2.75, 3.05) is 46.3 Å². The fraction of sp³-hybridized carbons (Fsp3) is 0.435. The van der Waals surface area contributed by atoms with Gasteiger partial charge in [0, 0.05) is 44.8 Å². The molecule has 0 radical (unpaired) electrons. The minimum Gasteiger partial charge on any atom is -0.459 e. The van der Waals surface area contributed by atoms with Gasteiger partial charge in [0.2, 0.25) is 21.7 Å². The van der Waals surface area contributed by atoms with E-state index in [0.717, 1.165) is 12.8 Å². The van der Waals surface area contributed by atoms with Gasteiger partial charge in [-0.15, -0.1) is 0 Å². The van der Waals surface area contributed by atoms with Gasteiger partial charge in [-0.05, 0) is 56.3 Å². The molecule has 0 spiro atoms. The molecule has 0 unspecified atom stereocenters. The maximum absolute atomic E-state index is 12.9. The first-order chi connectivity index (χ1) is 16.4. The lowest BCUT2D eigenvalue weighted by Crippen LogP contribution is -2.46. The van der Waals surface area contributed by atoms with Gasteiger partial charge in [-0.3, -0.25) is 4.79 Å².